The summed E-state index contributed by atoms with van der Waals surface area (Å²) in [6, 6.07) is 27.3. The summed E-state index contributed by atoms with van der Waals surface area (Å²) in [7, 11) is 0. The number of carbonyl (C=O) groups is 2. The van der Waals surface area contributed by atoms with E-state index in [1.807, 2.05) is 84.9 Å². The largest absolute Gasteiger partial charge is 0.489 e. The minimum Gasteiger partial charge on any atom is -0.489 e. The fraction of sp³-hybridized carbons (Fsp3) is 0.167. The molecular weight excluding hydrogens is 382 g/mol. The molecule has 5 heteroatoms. The van der Waals surface area contributed by atoms with Crippen molar-refractivity contribution in [3.05, 3.63) is 102 Å². The summed E-state index contributed by atoms with van der Waals surface area (Å²) < 4.78 is 5.80. The first-order chi connectivity index (χ1) is 14.2. The number of hydrogen-bond acceptors (Lipinski definition) is 4. The number of hydrogen-bond donors (Lipinski definition) is 0. The first kappa shape index (κ1) is 19.3. The predicted octanol–water partition coefficient (Wildman–Crippen LogP) is 5.07. The highest BCUT2D eigenvalue weighted by Gasteiger charge is 2.39. The smallest absolute Gasteiger partial charge is 0.289 e. The predicted molar refractivity (Wildman–Crippen MR) is 115 cm³/mol. The Morgan fingerprint density at radius 2 is 1.38 bits per heavy atom. The summed E-state index contributed by atoms with van der Waals surface area (Å²) in [6.45, 7) is 0.842. The van der Waals surface area contributed by atoms with E-state index in [0.717, 1.165) is 34.2 Å². The van der Waals surface area contributed by atoms with E-state index in [2.05, 4.69) is 0 Å². The molecule has 1 aliphatic rings. The average Bonchev–Trinajstić information content (AvgIpc) is 3.02. The van der Waals surface area contributed by atoms with Gasteiger partial charge in [-0.05, 0) is 35.2 Å². The molecule has 0 saturated carbocycles. The molecule has 1 aliphatic heterocycles. The van der Waals surface area contributed by atoms with Crippen molar-refractivity contribution in [2.75, 3.05) is 0 Å². The molecular formula is C24H21NO3S. The van der Waals surface area contributed by atoms with Crippen LogP contribution >= 0.6 is 11.8 Å². The molecule has 4 rings (SSSR count). The van der Waals surface area contributed by atoms with Gasteiger partial charge in [-0.25, -0.2) is 0 Å². The molecule has 0 aromatic heterocycles. The fourth-order valence-corrected chi connectivity index (χ4v) is 4.24. The average molecular weight is 404 g/mol. The molecule has 0 bridgehead atoms. The lowest BCUT2D eigenvalue weighted by atomic mass is 10.1. The van der Waals surface area contributed by atoms with Crippen LogP contribution < -0.4 is 4.74 Å². The molecule has 146 valence electrons. The van der Waals surface area contributed by atoms with Gasteiger partial charge in [0.05, 0.1) is 11.8 Å². The Hall–Kier alpha value is -3.05. The number of benzene rings is 3. The van der Waals surface area contributed by atoms with Gasteiger partial charge in [0.2, 0.25) is 5.91 Å². The summed E-state index contributed by atoms with van der Waals surface area (Å²) in [5, 5.41) is -0.547. The number of imide groups is 1. The summed E-state index contributed by atoms with van der Waals surface area (Å²) in [5.41, 5.74) is 3.08. The van der Waals surface area contributed by atoms with Crippen LogP contribution in [0.1, 0.15) is 16.7 Å². The van der Waals surface area contributed by atoms with E-state index in [1.54, 1.807) is 0 Å². The summed E-state index contributed by atoms with van der Waals surface area (Å²) in [6.07, 6.45) is 0.527. The minimum atomic E-state index is -0.373. The summed E-state index contributed by atoms with van der Waals surface area (Å²) in [4.78, 5) is 26.4. The second kappa shape index (κ2) is 8.97. The fourth-order valence-electron chi connectivity index (χ4n) is 3.21. The van der Waals surface area contributed by atoms with Crippen molar-refractivity contribution in [1.82, 2.24) is 4.90 Å². The molecule has 0 N–H and O–H groups in total. The number of nitrogens with zero attached hydrogens (tertiary/aromatic N) is 1. The van der Waals surface area contributed by atoms with E-state index in [1.165, 1.54) is 4.90 Å². The zero-order chi connectivity index (χ0) is 20.1. The highest BCUT2D eigenvalue weighted by molar-refractivity contribution is 8.15. The third kappa shape index (κ3) is 4.87. The van der Waals surface area contributed by atoms with Crippen molar-refractivity contribution < 1.29 is 14.3 Å². The number of rotatable bonds is 7. The molecule has 0 spiro atoms. The quantitative estimate of drug-likeness (QED) is 0.552. The number of amides is 2. The maximum absolute atomic E-state index is 12.7. The van der Waals surface area contributed by atoms with Crippen molar-refractivity contribution in [3.63, 3.8) is 0 Å². The van der Waals surface area contributed by atoms with Gasteiger partial charge >= 0.3 is 0 Å². The van der Waals surface area contributed by atoms with Crippen LogP contribution in [0, 0.1) is 0 Å². The Morgan fingerprint density at radius 1 is 0.759 bits per heavy atom. The minimum absolute atomic E-state index is 0.117. The molecule has 29 heavy (non-hydrogen) atoms. The maximum atomic E-state index is 12.7. The molecule has 0 aliphatic carbocycles. The summed E-state index contributed by atoms with van der Waals surface area (Å²) >= 11 is 1.11. The Morgan fingerprint density at radius 3 is 2.03 bits per heavy atom. The van der Waals surface area contributed by atoms with E-state index in [-0.39, 0.29) is 16.4 Å². The van der Waals surface area contributed by atoms with Gasteiger partial charge in [0, 0.05) is 0 Å². The lowest BCUT2D eigenvalue weighted by Crippen LogP contribution is -2.31. The topological polar surface area (TPSA) is 46.6 Å². The van der Waals surface area contributed by atoms with E-state index >= 15 is 0 Å². The monoisotopic (exact) mass is 403 g/mol. The first-order valence-corrected chi connectivity index (χ1v) is 10.4. The van der Waals surface area contributed by atoms with Crippen molar-refractivity contribution in [2.45, 2.75) is 24.8 Å². The van der Waals surface area contributed by atoms with Gasteiger partial charge in [0.25, 0.3) is 5.24 Å². The third-order valence-electron chi connectivity index (χ3n) is 4.78. The van der Waals surface area contributed by atoms with Gasteiger partial charge in [-0.3, -0.25) is 14.5 Å². The van der Waals surface area contributed by atoms with Gasteiger partial charge in [0.15, 0.2) is 0 Å². The maximum Gasteiger partial charge on any atom is 0.289 e. The normalized spacial score (nSPS) is 16.3. The lowest BCUT2D eigenvalue weighted by molar-refractivity contribution is -0.127. The molecule has 1 atom stereocenters. The van der Waals surface area contributed by atoms with Gasteiger partial charge in [-0.2, -0.15) is 0 Å². The molecule has 3 aromatic rings. The molecule has 0 unspecified atom stereocenters. The Labute approximate surface area is 174 Å². The van der Waals surface area contributed by atoms with Crippen molar-refractivity contribution in [1.29, 1.82) is 0 Å². The summed E-state index contributed by atoms with van der Waals surface area (Å²) in [5.74, 6) is 0.665. The number of thioether (sulfide) groups is 1. The van der Waals surface area contributed by atoms with Crippen LogP contribution in [0.3, 0.4) is 0 Å². The highest BCUT2D eigenvalue weighted by Crippen LogP contribution is 2.31. The first-order valence-electron chi connectivity index (χ1n) is 9.50. The van der Waals surface area contributed by atoms with E-state index < -0.39 is 0 Å². The molecule has 4 nitrogen and oxygen atoms in total. The van der Waals surface area contributed by atoms with E-state index in [4.69, 9.17) is 4.74 Å². The van der Waals surface area contributed by atoms with Crippen LogP contribution in [0.4, 0.5) is 4.79 Å². The standard InChI is InChI=1S/C24H21NO3S/c26-23-22(29-24(27)25(23)16-19-7-3-1-4-8-19)15-18-11-13-21(14-12-18)28-17-20-9-5-2-6-10-20/h1-14,22H,15-17H2/t22-/m1/s1. The lowest BCUT2D eigenvalue weighted by Gasteiger charge is -2.14. The van der Waals surface area contributed by atoms with Crippen LogP contribution in [0.25, 0.3) is 0 Å². The molecule has 3 aromatic carbocycles. The second-order valence-corrected chi connectivity index (χ2v) is 8.06. The van der Waals surface area contributed by atoms with E-state index in [0.29, 0.717) is 19.6 Å². The zero-order valence-corrected chi connectivity index (χ0v) is 16.7. The Bertz CT molecular complexity index is 974. The molecule has 1 fully saturated rings. The number of carbonyl (C=O) groups excluding carboxylic acids is 2. The van der Waals surface area contributed by atoms with Crippen molar-refractivity contribution in [2.24, 2.45) is 0 Å². The van der Waals surface area contributed by atoms with Crippen LogP contribution in [0.15, 0.2) is 84.9 Å². The molecule has 1 saturated heterocycles. The van der Waals surface area contributed by atoms with E-state index in [9.17, 15) is 9.59 Å². The van der Waals surface area contributed by atoms with Gasteiger partial charge in [0.1, 0.15) is 12.4 Å². The van der Waals surface area contributed by atoms with Gasteiger partial charge in [-0.15, -0.1) is 0 Å². The third-order valence-corrected chi connectivity index (χ3v) is 5.86. The van der Waals surface area contributed by atoms with Crippen LogP contribution in [0.2, 0.25) is 0 Å². The van der Waals surface area contributed by atoms with Crippen LogP contribution in [-0.2, 0) is 24.4 Å². The Balaban J connectivity index is 1.34. The zero-order valence-electron chi connectivity index (χ0n) is 15.9. The van der Waals surface area contributed by atoms with Gasteiger partial charge < -0.3 is 4.74 Å². The van der Waals surface area contributed by atoms with Crippen molar-refractivity contribution >= 4 is 22.9 Å². The van der Waals surface area contributed by atoms with Gasteiger partial charge in [-0.1, -0.05) is 84.6 Å². The molecule has 0 radical (unpaired) electrons. The van der Waals surface area contributed by atoms with Crippen molar-refractivity contribution in [3.8, 4) is 5.75 Å². The Kier molecular flexibility index (Phi) is 5.96. The van der Waals surface area contributed by atoms with Crippen LogP contribution in [0.5, 0.6) is 5.75 Å². The second-order valence-electron chi connectivity index (χ2n) is 6.90. The molecule has 1 heterocycles. The molecule has 2 amide bonds. The SMILES string of the molecule is O=C1S[C@H](Cc2ccc(OCc3ccccc3)cc2)C(=O)N1Cc1ccccc1. The highest BCUT2D eigenvalue weighted by atomic mass is 32.2. The van der Waals surface area contributed by atoms with Crippen LogP contribution in [-0.4, -0.2) is 21.3 Å². The number of ether oxygens (including phenoxy) is 1.